The quantitative estimate of drug-likeness (QED) is 0.366. The fourth-order valence-corrected chi connectivity index (χ4v) is 9.96. The predicted octanol–water partition coefficient (Wildman–Crippen LogP) is 6.11. The summed E-state index contributed by atoms with van der Waals surface area (Å²) in [6.45, 7) is -1.27. The number of carboxylic acids is 1. The van der Waals surface area contributed by atoms with Gasteiger partial charge in [-0.05, 0) is 93.6 Å². The van der Waals surface area contributed by atoms with Crippen LogP contribution in [-0.2, 0) is 9.53 Å². The summed E-state index contributed by atoms with van der Waals surface area (Å²) >= 11 is 1.71. The fraction of sp³-hybridized carbons (Fsp3) is 0.767. The number of carbonyl (C=O) groups excluding carboxylic acids is 1. The summed E-state index contributed by atoms with van der Waals surface area (Å²) in [4.78, 5) is 32.3. The number of pyridine rings is 1. The van der Waals surface area contributed by atoms with Crippen LogP contribution in [0.2, 0.25) is 0 Å². The Bertz CT molecular complexity index is 1080. The van der Waals surface area contributed by atoms with Crippen molar-refractivity contribution >= 4 is 29.5 Å². The molecule has 0 aromatic carbocycles. The van der Waals surface area contributed by atoms with Crippen molar-refractivity contribution in [3.05, 3.63) is 17.7 Å². The molecule has 6 fully saturated rings. The van der Waals surface area contributed by atoms with E-state index in [2.05, 4.69) is 10.2 Å². The van der Waals surface area contributed by atoms with Crippen molar-refractivity contribution in [3.8, 4) is 0 Å². The van der Waals surface area contributed by atoms with E-state index in [-0.39, 0.29) is 36.1 Å². The van der Waals surface area contributed by atoms with Crippen molar-refractivity contribution in [2.24, 2.45) is 23.7 Å². The number of aromatic nitrogens is 1. The van der Waals surface area contributed by atoms with E-state index in [9.17, 15) is 23.5 Å². The number of nitrogens with zero attached hydrogens (tertiary/aromatic N) is 2. The van der Waals surface area contributed by atoms with Gasteiger partial charge in [0.1, 0.15) is 10.8 Å². The van der Waals surface area contributed by atoms with Gasteiger partial charge in [0.25, 0.3) is 5.91 Å². The number of carbonyl (C=O) groups is 2. The Morgan fingerprint density at radius 3 is 2.55 bits per heavy atom. The lowest BCUT2D eigenvalue weighted by atomic mass is 9.52. The maximum atomic E-state index is 13.8. The number of piperidine rings is 1. The van der Waals surface area contributed by atoms with Gasteiger partial charge in [0.2, 0.25) is 0 Å². The van der Waals surface area contributed by atoms with E-state index in [4.69, 9.17) is 9.72 Å². The van der Waals surface area contributed by atoms with Crippen LogP contribution < -0.4 is 10.2 Å². The molecule has 3 atom stereocenters. The average Bonchev–Trinajstić information content (AvgIpc) is 2.90. The van der Waals surface area contributed by atoms with Crippen molar-refractivity contribution < 1.29 is 28.2 Å². The third-order valence-electron chi connectivity index (χ3n) is 10.1. The Morgan fingerprint density at radius 1 is 1.10 bits per heavy atom. The largest absolute Gasteiger partial charge is 0.481 e. The summed E-state index contributed by atoms with van der Waals surface area (Å²) in [5.74, 6) is 0.742. The fourth-order valence-electron chi connectivity index (χ4n) is 8.64. The zero-order chi connectivity index (χ0) is 27.9. The molecular weight excluding hydrogens is 536 g/mol. The van der Waals surface area contributed by atoms with E-state index in [0.29, 0.717) is 42.5 Å². The summed E-state index contributed by atoms with van der Waals surface area (Å²) < 4.78 is 31.6. The Morgan fingerprint density at radius 2 is 1.85 bits per heavy atom. The van der Waals surface area contributed by atoms with Crippen molar-refractivity contribution in [1.82, 2.24) is 10.3 Å². The number of hydrogen-bond acceptors (Lipinski definition) is 6. The third kappa shape index (κ3) is 6.13. The van der Waals surface area contributed by atoms with E-state index >= 15 is 0 Å². The summed E-state index contributed by atoms with van der Waals surface area (Å²) in [6, 6.07) is 3.77. The zero-order valence-corrected chi connectivity index (χ0v) is 23.8. The van der Waals surface area contributed by atoms with Gasteiger partial charge in [-0.2, -0.15) is 8.78 Å². The average molecular weight is 578 g/mol. The minimum Gasteiger partial charge on any atom is -0.481 e. The van der Waals surface area contributed by atoms with E-state index in [1.165, 1.54) is 19.3 Å². The highest BCUT2D eigenvalue weighted by Gasteiger charge is 2.57. The highest BCUT2D eigenvalue weighted by Crippen LogP contribution is 2.57. The molecule has 2 heterocycles. The van der Waals surface area contributed by atoms with Crippen LogP contribution in [0.1, 0.15) is 93.8 Å². The van der Waals surface area contributed by atoms with Crippen molar-refractivity contribution in [1.29, 1.82) is 0 Å². The van der Waals surface area contributed by atoms with Gasteiger partial charge < -0.3 is 20.1 Å². The maximum absolute atomic E-state index is 13.8. The van der Waals surface area contributed by atoms with E-state index in [0.717, 1.165) is 55.9 Å². The number of amides is 1. The first-order chi connectivity index (χ1) is 19.3. The number of ether oxygens (including phenoxy) is 1. The third-order valence-corrected chi connectivity index (χ3v) is 11.4. The predicted molar refractivity (Wildman–Crippen MR) is 149 cm³/mol. The normalized spacial score (nSPS) is 33.9. The first kappa shape index (κ1) is 28.2. The number of alkyl halides is 2. The smallest absolute Gasteiger partial charge is 0.345 e. The molecule has 1 saturated heterocycles. The summed E-state index contributed by atoms with van der Waals surface area (Å²) in [7, 11) is 0. The van der Waals surface area contributed by atoms with E-state index in [1.807, 2.05) is 12.1 Å². The molecule has 1 aromatic heterocycles. The molecule has 1 amide bonds. The molecule has 4 bridgehead atoms. The lowest BCUT2D eigenvalue weighted by Crippen LogP contribution is -2.62. The van der Waals surface area contributed by atoms with Gasteiger partial charge >= 0.3 is 12.6 Å². The number of rotatable bonds is 9. The first-order valence-electron chi connectivity index (χ1n) is 15.2. The summed E-state index contributed by atoms with van der Waals surface area (Å²) in [6.07, 6.45) is 11.7. The second-order valence-electron chi connectivity index (χ2n) is 13.0. The van der Waals surface area contributed by atoms with Crippen molar-refractivity contribution in [2.45, 2.75) is 112 Å². The summed E-state index contributed by atoms with van der Waals surface area (Å²) in [5.41, 5.74) is -0.143. The van der Waals surface area contributed by atoms with Gasteiger partial charge in [-0.1, -0.05) is 19.3 Å². The Balaban J connectivity index is 1.20. The van der Waals surface area contributed by atoms with Gasteiger partial charge in [-0.15, -0.1) is 11.8 Å². The van der Waals surface area contributed by atoms with Gasteiger partial charge in [0.15, 0.2) is 0 Å². The van der Waals surface area contributed by atoms with Crippen LogP contribution in [0, 0.1) is 23.7 Å². The standard InChI is InChI=1S/C30H41F2N3O4S/c31-29(32)39-30-14-19-11-20(15-30)26(21(12-19)16-30)34-27(38)23-8-9-24(33-28(23)40-22-6-2-1-3-7-22)35-10-4-5-18(17-35)13-25(36)37/h8-9,18-22,26,29H,1-7,10-17H2,(H,34,38)(H,36,37)/t18-,19?,20?,21?,26?,30?/m0/s1. The van der Waals surface area contributed by atoms with Crippen LogP contribution >= 0.6 is 11.8 Å². The molecule has 1 aromatic rings. The van der Waals surface area contributed by atoms with Crippen LogP contribution in [0.5, 0.6) is 0 Å². The molecule has 7 rings (SSSR count). The second-order valence-corrected chi connectivity index (χ2v) is 14.3. The number of anilines is 1. The molecule has 7 nitrogen and oxygen atoms in total. The van der Waals surface area contributed by atoms with Gasteiger partial charge in [0, 0.05) is 30.8 Å². The number of carboxylic acid groups (broad SMARTS) is 1. The van der Waals surface area contributed by atoms with Crippen LogP contribution in [0.15, 0.2) is 17.2 Å². The molecule has 10 heteroatoms. The van der Waals surface area contributed by atoms with Crippen LogP contribution in [0.3, 0.4) is 0 Å². The number of aliphatic carboxylic acids is 1. The number of hydrogen-bond donors (Lipinski definition) is 2. The highest BCUT2D eigenvalue weighted by atomic mass is 32.2. The molecule has 2 N–H and O–H groups in total. The molecular formula is C30H41F2N3O4S. The van der Waals surface area contributed by atoms with E-state index < -0.39 is 18.2 Å². The molecule has 6 aliphatic rings. The molecule has 1 aliphatic heterocycles. The Kier molecular flexibility index (Phi) is 8.28. The molecule has 5 saturated carbocycles. The number of nitrogens with one attached hydrogen (secondary N) is 1. The second kappa shape index (κ2) is 11.7. The molecule has 5 aliphatic carbocycles. The molecule has 0 radical (unpaired) electrons. The number of halogens is 2. The van der Waals surface area contributed by atoms with Gasteiger partial charge in [-0.3, -0.25) is 9.59 Å². The highest BCUT2D eigenvalue weighted by molar-refractivity contribution is 7.99. The minimum absolute atomic E-state index is 0.0236. The maximum Gasteiger partial charge on any atom is 0.345 e. The monoisotopic (exact) mass is 577 g/mol. The minimum atomic E-state index is -2.76. The van der Waals surface area contributed by atoms with E-state index in [1.54, 1.807) is 11.8 Å². The Labute approximate surface area is 239 Å². The van der Waals surface area contributed by atoms with Crippen LogP contribution in [0.25, 0.3) is 0 Å². The molecule has 0 spiro atoms. The van der Waals surface area contributed by atoms with Crippen LogP contribution in [-0.4, -0.2) is 58.6 Å². The lowest BCUT2D eigenvalue weighted by molar-refractivity contribution is -0.260. The first-order valence-corrected chi connectivity index (χ1v) is 16.1. The summed E-state index contributed by atoms with van der Waals surface area (Å²) in [5, 5.41) is 13.8. The van der Waals surface area contributed by atoms with Crippen LogP contribution in [0.4, 0.5) is 14.6 Å². The molecule has 40 heavy (non-hydrogen) atoms. The topological polar surface area (TPSA) is 91.8 Å². The Hall–Kier alpha value is -1.94. The molecule has 2 unspecified atom stereocenters. The SMILES string of the molecule is O=C(O)C[C@@H]1CCCN(c2ccc(C(=O)NC3C4CC5CC3CC(OC(F)F)(C5)C4)c(SC3CCCCC3)n2)C1. The number of thioether (sulfide) groups is 1. The van der Waals surface area contributed by atoms with Crippen molar-refractivity contribution in [3.63, 3.8) is 0 Å². The lowest BCUT2D eigenvalue weighted by Gasteiger charge is -2.59. The molecule has 220 valence electrons. The van der Waals surface area contributed by atoms with Gasteiger partial charge in [-0.25, -0.2) is 4.98 Å². The van der Waals surface area contributed by atoms with Crippen molar-refractivity contribution in [2.75, 3.05) is 18.0 Å². The van der Waals surface area contributed by atoms with Gasteiger partial charge in [0.05, 0.1) is 11.2 Å². The zero-order valence-electron chi connectivity index (χ0n) is 23.0.